The number of likely N-dealkylation sites (tertiary alicyclic amines) is 2. The standard InChI is InChI=1S/C52H49ClF2N10O4/c1-29-9-6-23-64(39(29)27-59-51-62-37-11-4-5-12-41(37)68-51)49(66)44-36(17-14-31(3)46(44)55)48-58-22-19-34(61-48)25-32-10-7-24-65(40(32)28-60-52-63-38-26-33(53)15-18-42(38)69-52)50(67)43-35(16-13-30(2)45(43)54)47-56-20-8-21-57-47/h4-5,8,11-22,26,29,32,39-40H,6-7,9-10,23-25,27-28H2,1-3H3,(H,59,62)(H,60,63). The number of carbonyl (C=O) groups excluding carboxylic acids is 2. The Morgan fingerprint density at radius 3 is 1.97 bits per heavy atom. The molecule has 69 heavy (non-hydrogen) atoms. The molecule has 10 rings (SSSR count). The first kappa shape index (κ1) is 45.5. The third-order valence-corrected chi connectivity index (χ3v) is 13.7. The number of oxazole rings is 2. The van der Waals surface area contributed by atoms with Crippen LogP contribution in [0.4, 0.5) is 20.8 Å². The summed E-state index contributed by atoms with van der Waals surface area (Å²) in [5, 5.41) is 7.12. The van der Waals surface area contributed by atoms with Crippen LogP contribution in [-0.2, 0) is 6.42 Å². The van der Waals surface area contributed by atoms with Crippen molar-refractivity contribution in [3.05, 3.63) is 142 Å². The smallest absolute Gasteiger partial charge is 0.295 e. The number of aromatic nitrogens is 6. The molecule has 0 bridgehead atoms. The molecule has 2 saturated heterocycles. The number of nitrogens with one attached hydrogen (secondary N) is 2. The molecule has 2 fully saturated rings. The summed E-state index contributed by atoms with van der Waals surface area (Å²) in [6.07, 6.45) is 8.05. The number of carbonyl (C=O) groups is 2. The zero-order valence-electron chi connectivity index (χ0n) is 38.3. The van der Waals surface area contributed by atoms with Crippen LogP contribution in [0.3, 0.4) is 0 Å². The summed E-state index contributed by atoms with van der Waals surface area (Å²) in [6, 6.07) is 22.5. The number of benzene rings is 4. The van der Waals surface area contributed by atoms with Gasteiger partial charge in [-0.05, 0) is 124 Å². The number of anilines is 2. The van der Waals surface area contributed by atoms with Crippen molar-refractivity contribution in [3.63, 3.8) is 0 Å². The maximum atomic E-state index is 16.6. The Labute approximate surface area is 401 Å². The number of amides is 2. The third-order valence-electron chi connectivity index (χ3n) is 13.5. The molecule has 2 N–H and O–H groups in total. The van der Waals surface area contributed by atoms with Crippen LogP contribution in [0.15, 0.2) is 106 Å². The Morgan fingerprint density at radius 2 is 1.28 bits per heavy atom. The molecule has 352 valence electrons. The minimum Gasteiger partial charge on any atom is -0.424 e. The summed E-state index contributed by atoms with van der Waals surface area (Å²) in [6.45, 7) is 6.68. The van der Waals surface area contributed by atoms with E-state index in [2.05, 4.69) is 42.5 Å². The highest BCUT2D eigenvalue weighted by molar-refractivity contribution is 6.31. The van der Waals surface area contributed by atoms with Crippen LogP contribution in [0.25, 0.3) is 45.0 Å². The average Bonchev–Trinajstić information content (AvgIpc) is 3.98. The van der Waals surface area contributed by atoms with Crippen molar-refractivity contribution >= 4 is 57.6 Å². The summed E-state index contributed by atoms with van der Waals surface area (Å²) >= 11 is 6.25. The second kappa shape index (κ2) is 19.3. The number of rotatable bonds is 12. The van der Waals surface area contributed by atoms with E-state index in [1.807, 2.05) is 24.3 Å². The van der Waals surface area contributed by atoms with Crippen molar-refractivity contribution in [3.8, 4) is 22.8 Å². The highest BCUT2D eigenvalue weighted by Crippen LogP contribution is 2.35. The van der Waals surface area contributed by atoms with E-state index in [0.29, 0.717) is 83.4 Å². The first-order valence-electron chi connectivity index (χ1n) is 23.2. The van der Waals surface area contributed by atoms with Crippen LogP contribution < -0.4 is 10.6 Å². The number of halogens is 3. The summed E-state index contributed by atoms with van der Waals surface area (Å²) in [4.78, 5) is 60.7. The lowest BCUT2D eigenvalue weighted by Gasteiger charge is -2.42. The summed E-state index contributed by atoms with van der Waals surface area (Å²) < 4.78 is 44.9. The molecule has 4 atom stereocenters. The van der Waals surface area contributed by atoms with Crippen molar-refractivity contribution in [2.45, 2.75) is 65.0 Å². The maximum Gasteiger partial charge on any atom is 0.295 e. The lowest BCUT2D eigenvalue weighted by atomic mass is 9.84. The van der Waals surface area contributed by atoms with Gasteiger partial charge in [0.1, 0.15) is 22.7 Å². The normalized spacial score (nSPS) is 18.5. The van der Waals surface area contributed by atoms with E-state index in [-0.39, 0.29) is 64.3 Å². The van der Waals surface area contributed by atoms with Crippen molar-refractivity contribution in [2.24, 2.45) is 11.8 Å². The molecule has 6 heterocycles. The molecular weight excluding hydrogens is 902 g/mol. The van der Waals surface area contributed by atoms with E-state index in [1.165, 1.54) is 0 Å². The van der Waals surface area contributed by atoms with Crippen LogP contribution in [0.1, 0.15) is 70.1 Å². The fraction of sp³-hybridized carbons (Fsp3) is 0.308. The van der Waals surface area contributed by atoms with Crippen LogP contribution in [0, 0.1) is 37.3 Å². The minimum absolute atomic E-state index is 0.0948. The van der Waals surface area contributed by atoms with E-state index in [4.69, 9.17) is 25.4 Å². The second-order valence-corrected chi connectivity index (χ2v) is 18.4. The Hall–Kier alpha value is -7.33. The van der Waals surface area contributed by atoms with Crippen LogP contribution in [0.5, 0.6) is 0 Å². The van der Waals surface area contributed by atoms with Crippen molar-refractivity contribution in [1.82, 2.24) is 39.7 Å². The minimum atomic E-state index is -0.643. The number of aryl methyl sites for hydroxylation is 2. The van der Waals surface area contributed by atoms with E-state index in [0.717, 1.165) is 18.4 Å². The van der Waals surface area contributed by atoms with Crippen LogP contribution >= 0.6 is 11.6 Å². The van der Waals surface area contributed by atoms with Gasteiger partial charge in [-0.1, -0.05) is 42.8 Å². The zero-order chi connectivity index (χ0) is 47.8. The van der Waals surface area contributed by atoms with Gasteiger partial charge in [0.2, 0.25) is 0 Å². The molecular formula is C52H49ClF2N10O4. The van der Waals surface area contributed by atoms with Gasteiger partial charge in [-0.15, -0.1) is 0 Å². The average molecular weight is 951 g/mol. The van der Waals surface area contributed by atoms with E-state index < -0.39 is 29.5 Å². The molecule has 0 saturated carbocycles. The fourth-order valence-electron chi connectivity index (χ4n) is 9.81. The third kappa shape index (κ3) is 9.20. The van der Waals surface area contributed by atoms with Gasteiger partial charge in [0.05, 0.1) is 23.2 Å². The molecule has 4 unspecified atom stereocenters. The quantitative estimate of drug-likeness (QED) is 0.119. The number of piperidine rings is 2. The predicted molar refractivity (Wildman–Crippen MR) is 259 cm³/mol. The molecule has 4 aromatic carbocycles. The van der Waals surface area contributed by atoms with Crippen molar-refractivity contribution in [2.75, 3.05) is 36.8 Å². The molecule has 17 heteroatoms. The topological polar surface area (TPSA) is 168 Å². The molecule has 0 aliphatic carbocycles. The van der Waals surface area contributed by atoms with Crippen molar-refractivity contribution in [1.29, 1.82) is 0 Å². The van der Waals surface area contributed by atoms with E-state index in [9.17, 15) is 9.59 Å². The maximum absolute atomic E-state index is 16.6. The Kier molecular flexibility index (Phi) is 12.7. The number of hydrogen-bond acceptors (Lipinski definition) is 12. The largest absolute Gasteiger partial charge is 0.424 e. The Bertz CT molecular complexity index is 3170. The highest BCUT2D eigenvalue weighted by Gasteiger charge is 2.39. The first-order valence-corrected chi connectivity index (χ1v) is 23.6. The molecule has 14 nitrogen and oxygen atoms in total. The number of hydrogen-bond donors (Lipinski definition) is 2. The molecule has 0 spiro atoms. The SMILES string of the molecule is Cc1ccc(-c2nccc(CC3CCCN(C(=O)c4c(-c5ncccn5)ccc(C)c4F)C3CNc3nc4cc(Cl)ccc4o3)n2)c(C(=O)N2CCCC(C)C2CNc2nc3ccccc3o2)c1F. The second-order valence-electron chi connectivity index (χ2n) is 17.9. The molecule has 4 aromatic heterocycles. The molecule has 2 amide bonds. The van der Waals surface area contributed by atoms with Crippen LogP contribution in [-0.4, -0.2) is 89.8 Å². The van der Waals surface area contributed by atoms with Crippen molar-refractivity contribution < 1.29 is 27.2 Å². The van der Waals surface area contributed by atoms with Gasteiger partial charge in [0, 0.05) is 66.6 Å². The number of fused-ring (bicyclic) bond motifs is 2. The monoisotopic (exact) mass is 950 g/mol. The predicted octanol–water partition coefficient (Wildman–Crippen LogP) is 10.4. The fourth-order valence-corrected chi connectivity index (χ4v) is 9.98. The van der Waals surface area contributed by atoms with Gasteiger partial charge in [0.25, 0.3) is 23.8 Å². The Morgan fingerprint density at radius 1 is 0.681 bits per heavy atom. The van der Waals surface area contributed by atoms with Gasteiger partial charge >= 0.3 is 0 Å². The number of nitrogens with zero attached hydrogens (tertiary/aromatic N) is 8. The zero-order valence-corrected chi connectivity index (χ0v) is 39.0. The lowest BCUT2D eigenvalue weighted by Crippen LogP contribution is -2.52. The van der Waals surface area contributed by atoms with Gasteiger partial charge in [-0.25, -0.2) is 28.7 Å². The van der Waals surface area contributed by atoms with Gasteiger partial charge in [-0.3, -0.25) is 9.59 Å². The first-order chi connectivity index (χ1) is 33.5. The highest BCUT2D eigenvalue weighted by atomic mass is 35.5. The lowest BCUT2D eigenvalue weighted by molar-refractivity contribution is 0.0511. The van der Waals surface area contributed by atoms with E-state index >= 15 is 8.78 Å². The van der Waals surface area contributed by atoms with Crippen LogP contribution in [0.2, 0.25) is 5.02 Å². The summed E-state index contributed by atoms with van der Waals surface area (Å²) in [7, 11) is 0. The molecule has 2 aliphatic heterocycles. The van der Waals surface area contributed by atoms with E-state index in [1.54, 1.807) is 96.8 Å². The molecule has 2 aliphatic rings. The Balaban J connectivity index is 0.957. The van der Waals surface area contributed by atoms with Gasteiger partial charge in [-0.2, -0.15) is 9.97 Å². The van der Waals surface area contributed by atoms with Gasteiger partial charge in [0.15, 0.2) is 22.8 Å². The van der Waals surface area contributed by atoms with Gasteiger partial charge < -0.3 is 29.3 Å². The molecule has 0 radical (unpaired) electrons. The number of para-hydroxylation sites is 2. The molecule has 8 aromatic rings. The summed E-state index contributed by atoms with van der Waals surface area (Å²) in [5.41, 5.74) is 4.07. The summed E-state index contributed by atoms with van der Waals surface area (Å²) in [5.74, 6) is -1.93.